The summed E-state index contributed by atoms with van der Waals surface area (Å²) in [5, 5.41) is 3.39. The highest BCUT2D eigenvalue weighted by Crippen LogP contribution is 2.29. The standard InChI is InChI=1S/C12H16BrClN2O/c1-3-4-10(15)12(17)16-11-6-9(14)7(2)5-8(11)13/h5-6,10H,3-4,15H2,1-2H3,(H,16,17). The highest BCUT2D eigenvalue weighted by Gasteiger charge is 2.14. The molecular formula is C12H16BrClN2O. The third-order valence-electron chi connectivity index (χ3n) is 2.44. The molecule has 1 aromatic rings. The summed E-state index contributed by atoms with van der Waals surface area (Å²) >= 11 is 9.39. The van der Waals surface area contributed by atoms with Crippen LogP contribution in [0.15, 0.2) is 16.6 Å². The van der Waals surface area contributed by atoms with Gasteiger partial charge < -0.3 is 11.1 Å². The number of carbonyl (C=O) groups excluding carboxylic acids is 1. The largest absolute Gasteiger partial charge is 0.324 e. The predicted octanol–water partition coefficient (Wildman–Crippen LogP) is 3.48. The van der Waals surface area contributed by atoms with E-state index in [-0.39, 0.29) is 5.91 Å². The molecule has 0 saturated carbocycles. The normalized spacial score (nSPS) is 12.3. The molecule has 1 aromatic carbocycles. The van der Waals surface area contributed by atoms with Crippen LogP contribution in [-0.4, -0.2) is 11.9 Å². The van der Waals surface area contributed by atoms with Crippen LogP contribution in [0.4, 0.5) is 5.69 Å². The van der Waals surface area contributed by atoms with Crippen molar-refractivity contribution in [3.63, 3.8) is 0 Å². The van der Waals surface area contributed by atoms with Crippen LogP contribution in [0.5, 0.6) is 0 Å². The molecule has 1 atom stereocenters. The van der Waals surface area contributed by atoms with Gasteiger partial charge in [-0.15, -0.1) is 0 Å². The lowest BCUT2D eigenvalue weighted by Crippen LogP contribution is -2.35. The second kappa shape index (κ2) is 6.38. The zero-order valence-electron chi connectivity index (χ0n) is 9.89. The minimum atomic E-state index is -0.480. The van der Waals surface area contributed by atoms with Gasteiger partial charge in [-0.25, -0.2) is 0 Å². The number of hydrogen-bond acceptors (Lipinski definition) is 2. The molecule has 3 nitrogen and oxygen atoms in total. The molecule has 0 bridgehead atoms. The van der Waals surface area contributed by atoms with Gasteiger partial charge in [0.15, 0.2) is 0 Å². The smallest absolute Gasteiger partial charge is 0.241 e. The quantitative estimate of drug-likeness (QED) is 0.892. The Labute approximate surface area is 115 Å². The molecule has 0 aliphatic carbocycles. The fourth-order valence-electron chi connectivity index (χ4n) is 1.41. The Morgan fingerprint density at radius 3 is 2.82 bits per heavy atom. The van der Waals surface area contributed by atoms with Gasteiger partial charge >= 0.3 is 0 Å². The van der Waals surface area contributed by atoms with Crippen LogP contribution in [0.1, 0.15) is 25.3 Å². The Morgan fingerprint density at radius 1 is 1.59 bits per heavy atom. The first-order valence-electron chi connectivity index (χ1n) is 5.47. The highest BCUT2D eigenvalue weighted by atomic mass is 79.9. The van der Waals surface area contributed by atoms with E-state index >= 15 is 0 Å². The number of benzene rings is 1. The van der Waals surface area contributed by atoms with E-state index in [9.17, 15) is 4.79 Å². The lowest BCUT2D eigenvalue weighted by atomic mass is 10.1. The predicted molar refractivity (Wildman–Crippen MR) is 75.4 cm³/mol. The third kappa shape index (κ3) is 3.98. The van der Waals surface area contributed by atoms with Crippen LogP contribution in [0.2, 0.25) is 5.02 Å². The van der Waals surface area contributed by atoms with Crippen molar-refractivity contribution in [2.45, 2.75) is 32.7 Å². The molecule has 1 amide bonds. The van der Waals surface area contributed by atoms with Gasteiger partial charge in [0.1, 0.15) is 0 Å². The van der Waals surface area contributed by atoms with Gasteiger partial charge in [-0.05, 0) is 47.0 Å². The first kappa shape index (κ1) is 14.5. The first-order chi connectivity index (χ1) is 7.95. The fraction of sp³-hybridized carbons (Fsp3) is 0.417. The van der Waals surface area contributed by atoms with E-state index in [1.807, 2.05) is 19.9 Å². The van der Waals surface area contributed by atoms with Crippen LogP contribution in [0, 0.1) is 6.92 Å². The molecule has 94 valence electrons. The van der Waals surface area contributed by atoms with Crippen molar-refractivity contribution in [1.82, 2.24) is 0 Å². The summed E-state index contributed by atoms with van der Waals surface area (Å²) in [6, 6.07) is 3.10. The Morgan fingerprint density at radius 2 is 2.24 bits per heavy atom. The summed E-state index contributed by atoms with van der Waals surface area (Å²) in [5.41, 5.74) is 7.34. The molecular weight excluding hydrogens is 304 g/mol. The van der Waals surface area contributed by atoms with E-state index in [0.29, 0.717) is 17.1 Å². The topological polar surface area (TPSA) is 55.1 Å². The Bertz CT molecular complexity index is 423. The molecule has 1 rings (SSSR count). The van der Waals surface area contributed by atoms with Crippen LogP contribution in [0.25, 0.3) is 0 Å². The molecule has 0 radical (unpaired) electrons. The summed E-state index contributed by atoms with van der Waals surface area (Å²) in [6.07, 6.45) is 1.55. The number of amides is 1. The maximum absolute atomic E-state index is 11.8. The second-order valence-corrected chi connectivity index (χ2v) is 5.23. The van der Waals surface area contributed by atoms with E-state index < -0.39 is 6.04 Å². The van der Waals surface area contributed by atoms with Crippen molar-refractivity contribution in [2.24, 2.45) is 5.73 Å². The number of hydrogen-bond donors (Lipinski definition) is 2. The molecule has 0 aromatic heterocycles. The maximum atomic E-state index is 11.8. The Kier molecular flexibility index (Phi) is 5.43. The molecule has 17 heavy (non-hydrogen) atoms. The van der Waals surface area contributed by atoms with Gasteiger partial charge in [-0.1, -0.05) is 24.9 Å². The molecule has 0 spiro atoms. The summed E-state index contributed by atoms with van der Waals surface area (Å²) in [5.74, 6) is -0.188. The zero-order valence-corrected chi connectivity index (χ0v) is 12.2. The summed E-state index contributed by atoms with van der Waals surface area (Å²) < 4.78 is 0.802. The third-order valence-corrected chi connectivity index (χ3v) is 3.51. The number of anilines is 1. The maximum Gasteiger partial charge on any atom is 0.241 e. The van der Waals surface area contributed by atoms with Crippen molar-refractivity contribution in [3.8, 4) is 0 Å². The first-order valence-corrected chi connectivity index (χ1v) is 6.65. The van der Waals surface area contributed by atoms with Crippen LogP contribution < -0.4 is 11.1 Å². The number of nitrogens with two attached hydrogens (primary N) is 1. The average Bonchev–Trinajstić information content (AvgIpc) is 2.26. The minimum Gasteiger partial charge on any atom is -0.324 e. The molecule has 0 saturated heterocycles. The molecule has 0 fully saturated rings. The van der Waals surface area contributed by atoms with E-state index in [4.69, 9.17) is 17.3 Å². The highest BCUT2D eigenvalue weighted by molar-refractivity contribution is 9.10. The number of nitrogens with one attached hydrogen (secondary N) is 1. The van der Waals surface area contributed by atoms with Gasteiger partial charge in [0.25, 0.3) is 0 Å². The van der Waals surface area contributed by atoms with E-state index in [0.717, 1.165) is 16.5 Å². The van der Waals surface area contributed by atoms with E-state index in [1.165, 1.54) is 0 Å². The molecule has 3 N–H and O–H groups in total. The number of rotatable bonds is 4. The molecule has 0 aliphatic heterocycles. The number of halogens is 2. The monoisotopic (exact) mass is 318 g/mol. The fourth-order valence-corrected chi connectivity index (χ4v) is 2.13. The van der Waals surface area contributed by atoms with E-state index in [2.05, 4.69) is 21.2 Å². The number of aryl methyl sites for hydroxylation is 1. The second-order valence-electron chi connectivity index (χ2n) is 3.97. The van der Waals surface area contributed by atoms with Crippen LogP contribution in [0.3, 0.4) is 0 Å². The lowest BCUT2D eigenvalue weighted by Gasteiger charge is -2.13. The SMILES string of the molecule is CCCC(N)C(=O)Nc1cc(Cl)c(C)cc1Br. The average molecular weight is 320 g/mol. The molecule has 1 unspecified atom stereocenters. The lowest BCUT2D eigenvalue weighted by molar-refractivity contribution is -0.117. The van der Waals surface area contributed by atoms with Crippen molar-refractivity contribution >= 4 is 39.1 Å². The zero-order chi connectivity index (χ0) is 13.0. The summed E-state index contributed by atoms with van der Waals surface area (Å²) in [6.45, 7) is 3.90. The van der Waals surface area contributed by atoms with Gasteiger partial charge in [-0.3, -0.25) is 4.79 Å². The number of carbonyl (C=O) groups is 1. The summed E-state index contributed by atoms with van der Waals surface area (Å²) in [7, 11) is 0. The molecule has 0 aliphatic rings. The molecule has 0 heterocycles. The van der Waals surface area contributed by atoms with Gasteiger partial charge in [0.05, 0.1) is 11.7 Å². The summed E-state index contributed by atoms with van der Waals surface area (Å²) in [4.78, 5) is 11.8. The van der Waals surface area contributed by atoms with Crippen molar-refractivity contribution in [2.75, 3.05) is 5.32 Å². The van der Waals surface area contributed by atoms with Crippen LogP contribution >= 0.6 is 27.5 Å². The van der Waals surface area contributed by atoms with Crippen molar-refractivity contribution < 1.29 is 4.79 Å². The Balaban J connectivity index is 2.81. The molecule has 5 heteroatoms. The van der Waals surface area contributed by atoms with Crippen molar-refractivity contribution in [1.29, 1.82) is 0 Å². The van der Waals surface area contributed by atoms with Crippen molar-refractivity contribution in [3.05, 3.63) is 27.2 Å². The Hall–Kier alpha value is -0.580. The van der Waals surface area contributed by atoms with Gasteiger partial charge in [0, 0.05) is 9.50 Å². The minimum absolute atomic E-state index is 0.188. The van der Waals surface area contributed by atoms with Gasteiger partial charge in [-0.2, -0.15) is 0 Å². The van der Waals surface area contributed by atoms with Crippen LogP contribution in [-0.2, 0) is 4.79 Å². The van der Waals surface area contributed by atoms with E-state index in [1.54, 1.807) is 6.07 Å². The van der Waals surface area contributed by atoms with Gasteiger partial charge in [0.2, 0.25) is 5.91 Å².